The Morgan fingerprint density at radius 1 is 1.23 bits per heavy atom. The lowest BCUT2D eigenvalue weighted by atomic mass is 10.00. The molecule has 0 aliphatic carbocycles. The number of aromatic nitrogens is 6. The third kappa shape index (κ3) is 4.33. The molecule has 5 aromatic rings. The number of nitrogen functional groups attached to an aromatic ring is 1. The number of aromatic amines is 1. The summed E-state index contributed by atoms with van der Waals surface area (Å²) in [7, 11) is 0. The van der Waals surface area contributed by atoms with E-state index in [1.165, 1.54) is 23.1 Å². The smallest absolute Gasteiger partial charge is 0.253 e. The lowest BCUT2D eigenvalue weighted by Gasteiger charge is -2.20. The van der Waals surface area contributed by atoms with Crippen LogP contribution in [0.5, 0.6) is 0 Å². The Kier molecular flexibility index (Phi) is 5.28. The lowest BCUT2D eigenvalue weighted by Crippen LogP contribution is -2.40. The number of hydrogen-bond acceptors (Lipinski definition) is 7. The van der Waals surface area contributed by atoms with Crippen molar-refractivity contribution < 1.29 is 9.18 Å². The molecule has 178 valence electrons. The van der Waals surface area contributed by atoms with Crippen LogP contribution in [0.2, 0.25) is 5.02 Å². The maximum atomic E-state index is 15.2. The lowest BCUT2D eigenvalue weighted by molar-refractivity contribution is 0.0920. The van der Waals surface area contributed by atoms with Crippen molar-refractivity contribution in [3.63, 3.8) is 0 Å². The van der Waals surface area contributed by atoms with Crippen LogP contribution in [0.15, 0.2) is 43.0 Å². The van der Waals surface area contributed by atoms with Gasteiger partial charge in [-0.25, -0.2) is 23.9 Å². The molecule has 0 radical (unpaired) electrons. The van der Waals surface area contributed by atoms with Crippen LogP contribution in [-0.2, 0) is 0 Å². The standard InChI is InChI=1S/C23H21ClFN9O/c1-23(2,3)33-21(35)13-9-34-18(19(26)28-10-29-34)17(13)11-4-5-15(14(25)6-11)30-22-31-16-7-12(24)8-27-20(16)32-22/h4-10H,1-3H3,(H,33,35)(H2,26,28,29)(H2,27,30,31,32). The summed E-state index contributed by atoms with van der Waals surface area (Å²) >= 11 is 5.96. The first-order chi connectivity index (χ1) is 16.6. The number of carbonyl (C=O) groups is 1. The van der Waals surface area contributed by atoms with Crippen LogP contribution in [0.3, 0.4) is 0 Å². The van der Waals surface area contributed by atoms with Crippen LogP contribution in [0, 0.1) is 5.82 Å². The van der Waals surface area contributed by atoms with Crippen molar-refractivity contribution in [2.75, 3.05) is 11.1 Å². The van der Waals surface area contributed by atoms with Gasteiger partial charge in [-0.05, 0) is 44.5 Å². The summed E-state index contributed by atoms with van der Waals surface area (Å²) in [6.45, 7) is 5.61. The molecular formula is C23H21ClFN9O. The maximum absolute atomic E-state index is 15.2. The minimum atomic E-state index is -0.564. The van der Waals surface area contributed by atoms with Gasteiger partial charge in [-0.2, -0.15) is 5.10 Å². The predicted molar refractivity (Wildman–Crippen MR) is 132 cm³/mol. The van der Waals surface area contributed by atoms with Gasteiger partial charge in [0.15, 0.2) is 11.5 Å². The first-order valence-electron chi connectivity index (χ1n) is 10.6. The highest BCUT2D eigenvalue weighted by Gasteiger charge is 2.25. The number of nitrogens with one attached hydrogen (secondary N) is 3. The molecule has 0 unspecified atom stereocenters. The highest BCUT2D eigenvalue weighted by molar-refractivity contribution is 6.31. The Hall–Kier alpha value is -4.25. The van der Waals surface area contributed by atoms with Gasteiger partial charge in [0.2, 0.25) is 5.95 Å². The Morgan fingerprint density at radius 3 is 2.77 bits per heavy atom. The Bertz CT molecular complexity index is 1600. The van der Waals surface area contributed by atoms with E-state index in [1.54, 1.807) is 24.4 Å². The first-order valence-corrected chi connectivity index (χ1v) is 11.0. The van der Waals surface area contributed by atoms with Crippen molar-refractivity contribution in [3.05, 3.63) is 59.4 Å². The summed E-state index contributed by atoms with van der Waals surface area (Å²) < 4.78 is 16.7. The van der Waals surface area contributed by atoms with E-state index in [0.29, 0.717) is 44.3 Å². The fourth-order valence-corrected chi connectivity index (χ4v) is 3.89. The van der Waals surface area contributed by atoms with Crippen LogP contribution >= 0.6 is 11.6 Å². The average Bonchev–Trinajstić information content (AvgIpc) is 3.35. The number of H-pyrrole nitrogens is 1. The number of carbonyl (C=O) groups excluding carboxylic acids is 1. The molecule has 0 saturated heterocycles. The van der Waals surface area contributed by atoms with Gasteiger partial charge in [0.1, 0.15) is 23.2 Å². The van der Waals surface area contributed by atoms with Crippen LogP contribution < -0.4 is 16.4 Å². The van der Waals surface area contributed by atoms with Gasteiger partial charge in [0.05, 0.1) is 16.3 Å². The summed E-state index contributed by atoms with van der Waals surface area (Å²) in [6, 6.07) is 6.20. The number of nitrogens with zero attached hydrogens (tertiary/aromatic N) is 5. The van der Waals surface area contributed by atoms with E-state index in [2.05, 4.69) is 35.7 Å². The summed E-state index contributed by atoms with van der Waals surface area (Å²) in [5.41, 5.74) is 8.44. The number of imidazole rings is 1. The van der Waals surface area contributed by atoms with Crippen molar-refractivity contribution in [2.24, 2.45) is 0 Å². The fraction of sp³-hybridized carbons (Fsp3) is 0.174. The van der Waals surface area contributed by atoms with Crippen molar-refractivity contribution in [3.8, 4) is 11.1 Å². The van der Waals surface area contributed by atoms with E-state index in [9.17, 15) is 4.79 Å². The van der Waals surface area contributed by atoms with Crippen molar-refractivity contribution in [1.82, 2.24) is 34.9 Å². The third-order valence-corrected chi connectivity index (χ3v) is 5.36. The van der Waals surface area contributed by atoms with E-state index < -0.39 is 11.4 Å². The average molecular weight is 494 g/mol. The van der Waals surface area contributed by atoms with E-state index in [-0.39, 0.29) is 17.4 Å². The van der Waals surface area contributed by atoms with Crippen molar-refractivity contribution >= 4 is 51.6 Å². The number of nitrogens with two attached hydrogens (primary N) is 1. The molecule has 4 aromatic heterocycles. The predicted octanol–water partition coefficient (Wildman–Crippen LogP) is 4.31. The summed E-state index contributed by atoms with van der Waals surface area (Å²) in [5, 5.41) is 10.4. The summed E-state index contributed by atoms with van der Waals surface area (Å²) in [5.74, 6) is -0.432. The summed E-state index contributed by atoms with van der Waals surface area (Å²) in [6.07, 6.45) is 4.34. The number of anilines is 3. The Labute approximate surface area is 203 Å². The van der Waals surface area contributed by atoms with E-state index in [1.807, 2.05) is 20.8 Å². The number of amides is 1. The molecule has 35 heavy (non-hydrogen) atoms. The normalized spacial score (nSPS) is 11.8. The molecule has 10 nitrogen and oxygen atoms in total. The zero-order chi connectivity index (χ0) is 24.9. The van der Waals surface area contributed by atoms with E-state index in [4.69, 9.17) is 17.3 Å². The maximum Gasteiger partial charge on any atom is 0.253 e. The molecule has 5 rings (SSSR count). The SMILES string of the molecule is CC(C)(C)NC(=O)c1cn2ncnc(N)c2c1-c1ccc(Nc2nc3cc(Cl)cnc3[nH]2)c(F)c1. The van der Waals surface area contributed by atoms with Gasteiger partial charge in [-0.3, -0.25) is 4.79 Å². The van der Waals surface area contributed by atoms with Crippen LogP contribution in [0.25, 0.3) is 27.8 Å². The minimum Gasteiger partial charge on any atom is -0.382 e. The minimum absolute atomic E-state index is 0.167. The number of halogens is 2. The Morgan fingerprint density at radius 2 is 2.03 bits per heavy atom. The van der Waals surface area contributed by atoms with Gasteiger partial charge >= 0.3 is 0 Å². The molecule has 0 spiro atoms. The molecule has 0 atom stereocenters. The molecule has 4 heterocycles. The number of rotatable bonds is 4. The Balaban J connectivity index is 1.56. The second-order valence-electron chi connectivity index (χ2n) is 8.99. The molecule has 0 aliphatic heterocycles. The van der Waals surface area contributed by atoms with Crippen LogP contribution in [0.1, 0.15) is 31.1 Å². The molecule has 12 heteroatoms. The quantitative estimate of drug-likeness (QED) is 0.292. The number of benzene rings is 1. The molecule has 1 amide bonds. The van der Waals surface area contributed by atoms with Crippen molar-refractivity contribution in [2.45, 2.75) is 26.3 Å². The zero-order valence-electron chi connectivity index (χ0n) is 19.0. The molecule has 1 aromatic carbocycles. The first kappa shape index (κ1) is 22.5. The highest BCUT2D eigenvalue weighted by Crippen LogP contribution is 2.35. The third-order valence-electron chi connectivity index (χ3n) is 5.15. The molecular weight excluding hydrogens is 473 g/mol. The summed E-state index contributed by atoms with van der Waals surface area (Å²) in [4.78, 5) is 28.6. The van der Waals surface area contributed by atoms with Crippen LogP contribution in [-0.4, -0.2) is 41.0 Å². The van der Waals surface area contributed by atoms with E-state index in [0.717, 1.165) is 0 Å². The second-order valence-corrected chi connectivity index (χ2v) is 9.42. The van der Waals surface area contributed by atoms with Gasteiger partial charge in [-0.1, -0.05) is 17.7 Å². The van der Waals surface area contributed by atoms with Crippen LogP contribution in [0.4, 0.5) is 21.8 Å². The topological polar surface area (TPSA) is 139 Å². The molecule has 0 aliphatic rings. The van der Waals surface area contributed by atoms with Crippen molar-refractivity contribution in [1.29, 1.82) is 0 Å². The van der Waals surface area contributed by atoms with Gasteiger partial charge in [-0.15, -0.1) is 0 Å². The number of fused-ring (bicyclic) bond motifs is 2. The molecule has 0 saturated carbocycles. The molecule has 0 fully saturated rings. The largest absolute Gasteiger partial charge is 0.382 e. The molecule has 0 bridgehead atoms. The monoisotopic (exact) mass is 493 g/mol. The number of hydrogen-bond donors (Lipinski definition) is 4. The number of pyridine rings is 1. The highest BCUT2D eigenvalue weighted by atomic mass is 35.5. The zero-order valence-corrected chi connectivity index (χ0v) is 19.8. The van der Waals surface area contributed by atoms with Gasteiger partial charge in [0, 0.05) is 23.5 Å². The van der Waals surface area contributed by atoms with Gasteiger partial charge in [0.25, 0.3) is 5.91 Å². The van der Waals surface area contributed by atoms with E-state index >= 15 is 4.39 Å². The van der Waals surface area contributed by atoms with Gasteiger partial charge < -0.3 is 21.4 Å². The fourth-order valence-electron chi connectivity index (χ4n) is 3.74. The second kappa shape index (κ2) is 8.20. The molecule has 5 N–H and O–H groups in total.